The second kappa shape index (κ2) is 13.7. The van der Waals surface area contributed by atoms with E-state index in [0.717, 1.165) is 5.56 Å². The number of hydrogen-bond donors (Lipinski definition) is 2. The summed E-state index contributed by atoms with van der Waals surface area (Å²) >= 11 is 0. The molecule has 0 heterocycles. The van der Waals surface area contributed by atoms with E-state index in [1.807, 2.05) is 18.2 Å². The number of ether oxygens (including phenoxy) is 2. The van der Waals surface area contributed by atoms with Crippen LogP contribution in [0.3, 0.4) is 0 Å². The standard InChI is InChI=1S/C26H38O4Si/c1-4-31(5-2,6-3)17-9-12-25(27)20-29-15-16-30-21-26(28)19-22-13-14-23-10-7-8-11-24(23)18-22/h7-8,10-11,13-14,18,25-28H,4-6,12,15-16,19-21H2,1-3H3/t25-,26+/m1/s1. The van der Waals surface area contributed by atoms with Crippen LogP contribution < -0.4 is 0 Å². The zero-order valence-corrected chi connectivity index (χ0v) is 20.3. The highest BCUT2D eigenvalue weighted by molar-refractivity contribution is 6.87. The highest BCUT2D eigenvalue weighted by Crippen LogP contribution is 2.19. The van der Waals surface area contributed by atoms with Gasteiger partial charge < -0.3 is 19.7 Å². The Labute approximate surface area is 188 Å². The lowest BCUT2D eigenvalue weighted by Crippen LogP contribution is -2.29. The monoisotopic (exact) mass is 442 g/mol. The molecule has 0 fully saturated rings. The van der Waals surface area contributed by atoms with Crippen molar-refractivity contribution in [2.45, 2.75) is 64.0 Å². The Bertz CT molecular complexity index is 830. The molecule has 2 aromatic rings. The molecule has 0 bridgehead atoms. The van der Waals surface area contributed by atoms with Crippen LogP contribution in [0.1, 0.15) is 32.8 Å². The van der Waals surface area contributed by atoms with Crippen LogP contribution >= 0.6 is 0 Å². The second-order valence-electron chi connectivity index (χ2n) is 8.19. The van der Waals surface area contributed by atoms with Gasteiger partial charge in [0.15, 0.2) is 0 Å². The van der Waals surface area contributed by atoms with Gasteiger partial charge in [0.25, 0.3) is 0 Å². The molecule has 0 aromatic heterocycles. The third-order valence-corrected chi connectivity index (χ3v) is 10.8. The second-order valence-corrected chi connectivity index (χ2v) is 13.1. The molecule has 0 aliphatic carbocycles. The van der Waals surface area contributed by atoms with E-state index in [0.29, 0.717) is 26.1 Å². The Morgan fingerprint density at radius 2 is 1.45 bits per heavy atom. The van der Waals surface area contributed by atoms with Crippen molar-refractivity contribution in [3.8, 4) is 11.5 Å². The third-order valence-electron chi connectivity index (χ3n) is 6.00. The highest BCUT2D eigenvalue weighted by atomic mass is 28.3. The minimum Gasteiger partial charge on any atom is -0.390 e. The zero-order chi connectivity index (χ0) is 22.5. The van der Waals surface area contributed by atoms with Gasteiger partial charge in [-0.05, 0) is 34.5 Å². The lowest BCUT2D eigenvalue weighted by molar-refractivity contribution is -0.0156. The van der Waals surface area contributed by atoms with Crippen molar-refractivity contribution in [1.82, 2.24) is 0 Å². The first kappa shape index (κ1) is 25.6. The van der Waals surface area contributed by atoms with E-state index >= 15 is 0 Å². The van der Waals surface area contributed by atoms with Gasteiger partial charge in [-0.1, -0.05) is 63.2 Å². The molecule has 0 saturated carbocycles. The average molecular weight is 443 g/mol. The van der Waals surface area contributed by atoms with Crippen LogP contribution in [0, 0.1) is 11.5 Å². The van der Waals surface area contributed by atoms with E-state index in [1.54, 1.807) is 0 Å². The summed E-state index contributed by atoms with van der Waals surface area (Å²) in [7, 11) is -1.44. The van der Waals surface area contributed by atoms with Crippen LogP contribution in [0.5, 0.6) is 0 Å². The predicted molar refractivity (Wildman–Crippen MR) is 131 cm³/mol. The minimum atomic E-state index is -1.44. The molecule has 0 radical (unpaired) electrons. The first-order valence-corrected chi connectivity index (χ1v) is 14.1. The molecular weight excluding hydrogens is 404 g/mol. The van der Waals surface area contributed by atoms with Crippen LogP contribution in [0.2, 0.25) is 18.1 Å². The molecule has 2 rings (SSSR count). The van der Waals surface area contributed by atoms with Crippen molar-refractivity contribution in [3.05, 3.63) is 48.0 Å². The van der Waals surface area contributed by atoms with Crippen LogP contribution in [0.4, 0.5) is 0 Å². The van der Waals surface area contributed by atoms with Gasteiger partial charge >= 0.3 is 0 Å². The Balaban J connectivity index is 1.59. The average Bonchev–Trinajstić information content (AvgIpc) is 2.79. The van der Waals surface area contributed by atoms with Crippen molar-refractivity contribution >= 4 is 18.8 Å². The molecule has 5 heteroatoms. The summed E-state index contributed by atoms with van der Waals surface area (Å²) < 4.78 is 11.0. The third kappa shape index (κ3) is 8.76. The first-order valence-electron chi connectivity index (χ1n) is 11.5. The number of fused-ring (bicyclic) bond motifs is 1. The summed E-state index contributed by atoms with van der Waals surface area (Å²) in [5, 5.41) is 22.7. The van der Waals surface area contributed by atoms with Gasteiger partial charge in [-0.2, -0.15) is 0 Å². The van der Waals surface area contributed by atoms with E-state index in [4.69, 9.17) is 9.47 Å². The molecule has 0 spiro atoms. The van der Waals surface area contributed by atoms with Gasteiger partial charge in [0.2, 0.25) is 0 Å². The maximum atomic E-state index is 10.2. The van der Waals surface area contributed by atoms with Crippen LogP contribution in [0.15, 0.2) is 42.5 Å². The number of aliphatic hydroxyl groups excluding tert-OH is 2. The fraction of sp³-hybridized carbons (Fsp3) is 0.538. The molecule has 2 aromatic carbocycles. The predicted octanol–water partition coefficient (Wildman–Crippen LogP) is 4.58. The van der Waals surface area contributed by atoms with Crippen molar-refractivity contribution in [2.24, 2.45) is 0 Å². The molecule has 170 valence electrons. The van der Waals surface area contributed by atoms with Gasteiger partial charge in [0, 0.05) is 12.8 Å². The molecule has 0 aliphatic heterocycles. The first-order chi connectivity index (χ1) is 15.0. The molecule has 31 heavy (non-hydrogen) atoms. The topological polar surface area (TPSA) is 58.9 Å². The van der Waals surface area contributed by atoms with E-state index < -0.39 is 20.3 Å². The fourth-order valence-electron chi connectivity index (χ4n) is 3.68. The molecule has 0 aliphatic rings. The van der Waals surface area contributed by atoms with Crippen LogP contribution in [-0.2, 0) is 15.9 Å². The van der Waals surface area contributed by atoms with E-state index in [2.05, 4.69) is 56.5 Å². The molecule has 0 unspecified atom stereocenters. The van der Waals surface area contributed by atoms with Gasteiger partial charge in [0.1, 0.15) is 8.07 Å². The molecule has 0 amide bonds. The lowest BCUT2D eigenvalue weighted by atomic mass is 10.0. The molecule has 4 nitrogen and oxygen atoms in total. The van der Waals surface area contributed by atoms with Gasteiger partial charge in [-0.25, -0.2) is 0 Å². The van der Waals surface area contributed by atoms with Gasteiger partial charge in [-0.15, -0.1) is 11.5 Å². The highest BCUT2D eigenvalue weighted by Gasteiger charge is 2.24. The maximum absolute atomic E-state index is 10.2. The number of benzene rings is 2. The van der Waals surface area contributed by atoms with Crippen LogP contribution in [0.25, 0.3) is 10.8 Å². The maximum Gasteiger partial charge on any atom is 0.137 e. The summed E-state index contributed by atoms with van der Waals surface area (Å²) in [5.74, 6) is 3.20. The molecule has 0 saturated heterocycles. The van der Waals surface area contributed by atoms with E-state index in [9.17, 15) is 10.2 Å². The smallest absolute Gasteiger partial charge is 0.137 e. The Hall–Kier alpha value is -1.68. The summed E-state index contributed by atoms with van der Waals surface area (Å²) in [6.45, 7) is 8.00. The SMILES string of the molecule is CC[Si](C#CC[C@@H](O)COCCOC[C@@H](O)Cc1ccc2ccccc2c1)(CC)CC. The van der Waals surface area contributed by atoms with Crippen LogP contribution in [-0.4, -0.2) is 56.9 Å². The molecule has 2 N–H and O–H groups in total. The Morgan fingerprint density at radius 3 is 2.10 bits per heavy atom. The number of hydrogen-bond acceptors (Lipinski definition) is 4. The number of aliphatic hydroxyl groups is 2. The summed E-state index contributed by atoms with van der Waals surface area (Å²) in [6.07, 6.45) is -0.105. The fourth-order valence-corrected chi connectivity index (χ4v) is 6.19. The quantitative estimate of drug-likeness (QED) is 0.271. The Kier molecular flexibility index (Phi) is 11.3. The minimum absolute atomic E-state index is 0.261. The molecular formula is C26H38O4Si. The number of rotatable bonds is 13. The largest absolute Gasteiger partial charge is 0.390 e. The normalized spacial score (nSPS) is 13.6. The summed E-state index contributed by atoms with van der Waals surface area (Å²) in [4.78, 5) is 0. The lowest BCUT2D eigenvalue weighted by Gasteiger charge is -2.20. The molecule has 2 atom stereocenters. The van der Waals surface area contributed by atoms with Gasteiger partial charge in [-0.3, -0.25) is 0 Å². The van der Waals surface area contributed by atoms with Crippen molar-refractivity contribution in [1.29, 1.82) is 0 Å². The van der Waals surface area contributed by atoms with Gasteiger partial charge in [0.05, 0.1) is 38.6 Å². The van der Waals surface area contributed by atoms with Crippen molar-refractivity contribution in [3.63, 3.8) is 0 Å². The summed E-state index contributed by atoms with van der Waals surface area (Å²) in [6, 6.07) is 18.0. The zero-order valence-electron chi connectivity index (χ0n) is 19.3. The van der Waals surface area contributed by atoms with E-state index in [1.165, 1.54) is 28.9 Å². The van der Waals surface area contributed by atoms with Crippen molar-refractivity contribution < 1.29 is 19.7 Å². The van der Waals surface area contributed by atoms with Crippen molar-refractivity contribution in [2.75, 3.05) is 26.4 Å². The van der Waals surface area contributed by atoms with E-state index in [-0.39, 0.29) is 13.2 Å². The Morgan fingerprint density at radius 1 is 0.839 bits per heavy atom. The summed E-state index contributed by atoms with van der Waals surface area (Å²) in [5.41, 5.74) is 4.58.